The lowest BCUT2D eigenvalue weighted by molar-refractivity contribution is 0.217. The van der Waals surface area contributed by atoms with Crippen LogP contribution in [0.25, 0.3) is 0 Å². The molecule has 2 aromatic rings. The zero-order valence-electron chi connectivity index (χ0n) is 9.06. The molecule has 0 fully saturated rings. The van der Waals surface area contributed by atoms with Crippen LogP contribution < -0.4 is 4.74 Å². The third kappa shape index (κ3) is 1.68. The Morgan fingerprint density at radius 2 is 1.94 bits per heavy atom. The molecule has 1 unspecified atom stereocenters. The van der Waals surface area contributed by atoms with Crippen molar-refractivity contribution >= 4 is 0 Å². The molecule has 1 heterocycles. The van der Waals surface area contributed by atoms with Crippen LogP contribution >= 0.6 is 0 Å². The molecule has 0 spiro atoms. The van der Waals surface area contributed by atoms with Crippen molar-refractivity contribution in [3.63, 3.8) is 0 Å². The van der Waals surface area contributed by atoms with Crippen LogP contribution in [0.5, 0.6) is 5.75 Å². The van der Waals surface area contributed by atoms with Gasteiger partial charge in [0.15, 0.2) is 0 Å². The molecule has 0 aliphatic carbocycles. The van der Waals surface area contributed by atoms with Gasteiger partial charge in [0.2, 0.25) is 0 Å². The molecule has 0 aromatic heterocycles. The first-order chi connectivity index (χ1) is 8.25. The molecule has 17 heavy (non-hydrogen) atoms. The average Bonchev–Trinajstić information content (AvgIpc) is 2.49. The highest BCUT2D eigenvalue weighted by molar-refractivity contribution is 5.45. The summed E-state index contributed by atoms with van der Waals surface area (Å²) in [4.78, 5) is 0. The van der Waals surface area contributed by atoms with E-state index in [1.54, 1.807) is 6.07 Å². The lowest BCUT2D eigenvalue weighted by Gasteiger charge is -2.12. The van der Waals surface area contributed by atoms with Crippen molar-refractivity contribution in [1.82, 2.24) is 0 Å². The summed E-state index contributed by atoms with van der Waals surface area (Å²) >= 11 is 0. The van der Waals surface area contributed by atoms with E-state index in [9.17, 15) is 9.50 Å². The third-order valence-corrected chi connectivity index (χ3v) is 3.00. The van der Waals surface area contributed by atoms with E-state index in [0.29, 0.717) is 17.9 Å². The number of ether oxygens (including phenoxy) is 1. The number of rotatable bonds is 0. The maximum atomic E-state index is 13.2. The summed E-state index contributed by atoms with van der Waals surface area (Å²) in [5.74, 6) is 0.167. The summed E-state index contributed by atoms with van der Waals surface area (Å²) < 4.78 is 18.8. The second-order valence-corrected chi connectivity index (χ2v) is 4.07. The van der Waals surface area contributed by atoms with E-state index in [-0.39, 0.29) is 5.82 Å². The second-order valence-electron chi connectivity index (χ2n) is 4.07. The molecular weight excluding hydrogens is 219 g/mol. The number of hydrogen-bond donors (Lipinski definition) is 1. The van der Waals surface area contributed by atoms with Gasteiger partial charge in [0, 0.05) is 5.56 Å². The smallest absolute Gasteiger partial charge is 0.126 e. The lowest BCUT2D eigenvalue weighted by Crippen LogP contribution is -2.01. The minimum absolute atomic E-state index is 0.370. The van der Waals surface area contributed by atoms with Crippen LogP contribution in [0.1, 0.15) is 22.8 Å². The number of benzene rings is 2. The highest BCUT2D eigenvalue weighted by Gasteiger charge is 2.22. The Hall–Kier alpha value is -1.87. The Morgan fingerprint density at radius 3 is 2.82 bits per heavy atom. The van der Waals surface area contributed by atoms with Crippen molar-refractivity contribution < 1.29 is 14.2 Å². The average molecular weight is 230 g/mol. The first kappa shape index (κ1) is 10.3. The van der Waals surface area contributed by atoms with Crippen LogP contribution in [0.3, 0.4) is 0 Å². The van der Waals surface area contributed by atoms with E-state index >= 15 is 0 Å². The monoisotopic (exact) mass is 230 g/mol. The van der Waals surface area contributed by atoms with Crippen LogP contribution in [0.2, 0.25) is 0 Å². The lowest BCUT2D eigenvalue weighted by atomic mass is 9.98. The molecule has 1 atom stereocenters. The van der Waals surface area contributed by atoms with Crippen LogP contribution in [-0.2, 0) is 6.61 Å². The van der Waals surface area contributed by atoms with Gasteiger partial charge in [-0.15, -0.1) is 0 Å². The van der Waals surface area contributed by atoms with E-state index < -0.39 is 6.10 Å². The summed E-state index contributed by atoms with van der Waals surface area (Å²) in [6.45, 7) is 0.395. The van der Waals surface area contributed by atoms with Crippen molar-refractivity contribution in [2.45, 2.75) is 12.7 Å². The van der Waals surface area contributed by atoms with Gasteiger partial charge < -0.3 is 9.84 Å². The molecule has 2 aromatic carbocycles. The maximum Gasteiger partial charge on any atom is 0.126 e. The Kier molecular flexibility index (Phi) is 2.34. The second kappa shape index (κ2) is 3.86. The summed E-state index contributed by atoms with van der Waals surface area (Å²) in [5, 5.41) is 10.3. The normalized spacial score (nSPS) is 17.6. The summed E-state index contributed by atoms with van der Waals surface area (Å²) in [6.07, 6.45) is -0.834. The quantitative estimate of drug-likeness (QED) is 0.754. The number of halogens is 1. The van der Waals surface area contributed by atoms with Gasteiger partial charge in [-0.3, -0.25) is 0 Å². The molecule has 1 aliphatic rings. The van der Waals surface area contributed by atoms with E-state index in [1.165, 1.54) is 12.1 Å². The molecule has 0 amide bonds. The fraction of sp³-hybridized carbons (Fsp3) is 0.143. The van der Waals surface area contributed by atoms with Crippen molar-refractivity contribution in [3.05, 3.63) is 65.0 Å². The largest absolute Gasteiger partial charge is 0.488 e. The van der Waals surface area contributed by atoms with Crippen molar-refractivity contribution in [2.75, 3.05) is 0 Å². The van der Waals surface area contributed by atoms with Crippen LogP contribution in [0.4, 0.5) is 4.39 Å². The molecule has 86 valence electrons. The minimum atomic E-state index is -0.834. The number of hydrogen-bond acceptors (Lipinski definition) is 2. The Balaban J connectivity index is 2.18. The van der Waals surface area contributed by atoms with E-state index in [2.05, 4.69) is 0 Å². The highest BCUT2D eigenvalue weighted by atomic mass is 19.1. The van der Waals surface area contributed by atoms with Crippen molar-refractivity contribution in [1.29, 1.82) is 0 Å². The molecule has 0 bridgehead atoms. The first-order valence-electron chi connectivity index (χ1n) is 5.44. The molecule has 3 rings (SSSR count). The Morgan fingerprint density at radius 1 is 1.12 bits per heavy atom. The van der Waals surface area contributed by atoms with E-state index in [0.717, 1.165) is 11.1 Å². The third-order valence-electron chi connectivity index (χ3n) is 3.00. The fourth-order valence-electron chi connectivity index (χ4n) is 2.12. The van der Waals surface area contributed by atoms with Crippen molar-refractivity contribution in [3.8, 4) is 5.75 Å². The van der Waals surface area contributed by atoms with Gasteiger partial charge >= 0.3 is 0 Å². The predicted octanol–water partition coefficient (Wildman–Crippen LogP) is 2.80. The summed E-state index contributed by atoms with van der Waals surface area (Å²) in [5.41, 5.74) is 2.18. The zero-order valence-corrected chi connectivity index (χ0v) is 9.06. The van der Waals surface area contributed by atoms with E-state index in [4.69, 9.17) is 4.74 Å². The molecule has 0 saturated heterocycles. The molecule has 1 N–H and O–H groups in total. The van der Waals surface area contributed by atoms with Gasteiger partial charge in [-0.25, -0.2) is 4.39 Å². The highest BCUT2D eigenvalue weighted by Crippen LogP contribution is 2.35. The van der Waals surface area contributed by atoms with Gasteiger partial charge in [0.05, 0.1) is 0 Å². The SMILES string of the molecule is OC1c2ccccc2COc2ccc(F)cc21. The van der Waals surface area contributed by atoms with Gasteiger partial charge in [0.25, 0.3) is 0 Å². The van der Waals surface area contributed by atoms with Gasteiger partial charge in [-0.2, -0.15) is 0 Å². The zero-order chi connectivity index (χ0) is 11.8. The first-order valence-corrected chi connectivity index (χ1v) is 5.44. The molecule has 1 aliphatic heterocycles. The van der Waals surface area contributed by atoms with Crippen LogP contribution in [0.15, 0.2) is 42.5 Å². The number of fused-ring (bicyclic) bond motifs is 2. The topological polar surface area (TPSA) is 29.5 Å². The number of aliphatic hydroxyl groups excluding tert-OH is 1. The van der Waals surface area contributed by atoms with Gasteiger partial charge in [-0.05, 0) is 29.3 Å². The molecule has 0 saturated carbocycles. The molecule has 0 radical (unpaired) electrons. The summed E-state index contributed by atoms with van der Waals surface area (Å²) in [6, 6.07) is 11.7. The Labute approximate surface area is 98.3 Å². The van der Waals surface area contributed by atoms with Gasteiger partial charge in [-0.1, -0.05) is 24.3 Å². The predicted molar refractivity (Wildman–Crippen MR) is 61.2 cm³/mol. The molecule has 2 nitrogen and oxygen atoms in total. The van der Waals surface area contributed by atoms with E-state index in [1.807, 2.05) is 24.3 Å². The standard InChI is InChI=1S/C14H11FO2/c15-10-5-6-13-12(7-10)14(16)11-4-2-1-3-9(11)8-17-13/h1-7,14,16H,8H2. The van der Waals surface area contributed by atoms with Crippen molar-refractivity contribution in [2.24, 2.45) is 0 Å². The fourth-order valence-corrected chi connectivity index (χ4v) is 2.12. The van der Waals surface area contributed by atoms with Crippen LogP contribution in [-0.4, -0.2) is 5.11 Å². The maximum absolute atomic E-state index is 13.2. The summed E-state index contributed by atoms with van der Waals surface area (Å²) in [7, 11) is 0. The van der Waals surface area contributed by atoms with Crippen LogP contribution in [0, 0.1) is 5.82 Å². The van der Waals surface area contributed by atoms with Gasteiger partial charge in [0.1, 0.15) is 24.3 Å². The Bertz CT molecular complexity index is 566. The minimum Gasteiger partial charge on any atom is -0.488 e. The number of aliphatic hydroxyl groups is 1. The molecule has 3 heteroatoms. The molecular formula is C14H11FO2.